The highest BCUT2D eigenvalue weighted by Gasteiger charge is 2.17. The van der Waals surface area contributed by atoms with Gasteiger partial charge in [0.25, 0.3) is 0 Å². The second-order valence-electron chi connectivity index (χ2n) is 5.72. The molecule has 2 atom stereocenters. The zero-order valence-electron chi connectivity index (χ0n) is 11.9. The van der Waals surface area contributed by atoms with Crippen LogP contribution in [0.3, 0.4) is 0 Å². The first kappa shape index (κ1) is 15.0. The van der Waals surface area contributed by atoms with Gasteiger partial charge in [-0.3, -0.25) is 0 Å². The lowest BCUT2D eigenvalue weighted by atomic mass is 10.1. The van der Waals surface area contributed by atoms with Crippen molar-refractivity contribution in [2.45, 2.75) is 64.7 Å². The summed E-state index contributed by atoms with van der Waals surface area (Å²) in [6, 6.07) is -0.0506. The van der Waals surface area contributed by atoms with E-state index in [0.29, 0.717) is 0 Å². The SMILES string of the molecule is C[C@@H](/C=C/[C@@H]1CCCCO1)NC(=O)OC(C)(C)C. The van der Waals surface area contributed by atoms with Crippen LogP contribution in [0.5, 0.6) is 0 Å². The van der Waals surface area contributed by atoms with E-state index in [2.05, 4.69) is 5.32 Å². The van der Waals surface area contributed by atoms with Gasteiger partial charge in [-0.1, -0.05) is 12.2 Å². The van der Waals surface area contributed by atoms with Gasteiger partial charge in [0, 0.05) is 12.6 Å². The van der Waals surface area contributed by atoms with Crippen molar-refractivity contribution in [2.24, 2.45) is 0 Å². The van der Waals surface area contributed by atoms with E-state index in [1.807, 2.05) is 39.8 Å². The van der Waals surface area contributed by atoms with E-state index < -0.39 is 5.60 Å². The predicted octanol–water partition coefficient (Wildman–Crippen LogP) is 3.02. The minimum atomic E-state index is -0.458. The molecule has 0 aromatic carbocycles. The molecule has 1 N–H and O–H groups in total. The van der Waals surface area contributed by atoms with Gasteiger partial charge in [-0.25, -0.2) is 4.79 Å². The molecule has 0 aliphatic carbocycles. The average Bonchev–Trinajstić information content (AvgIpc) is 2.25. The van der Waals surface area contributed by atoms with Crippen LogP contribution < -0.4 is 5.32 Å². The Labute approximate surface area is 110 Å². The Morgan fingerprint density at radius 3 is 2.72 bits per heavy atom. The summed E-state index contributed by atoms with van der Waals surface area (Å²) in [5, 5.41) is 2.77. The number of nitrogens with one attached hydrogen (secondary N) is 1. The second kappa shape index (κ2) is 6.78. The predicted molar refractivity (Wildman–Crippen MR) is 71.6 cm³/mol. The Morgan fingerprint density at radius 1 is 1.44 bits per heavy atom. The molecule has 4 nitrogen and oxygen atoms in total. The zero-order valence-corrected chi connectivity index (χ0v) is 11.9. The van der Waals surface area contributed by atoms with Gasteiger partial charge in [-0.05, 0) is 47.0 Å². The van der Waals surface area contributed by atoms with Crippen LogP contribution in [0.4, 0.5) is 4.79 Å². The van der Waals surface area contributed by atoms with Crippen LogP contribution in [-0.2, 0) is 9.47 Å². The highest BCUT2D eigenvalue weighted by Crippen LogP contribution is 2.13. The number of carbonyl (C=O) groups excluding carboxylic acids is 1. The Hall–Kier alpha value is -1.03. The quantitative estimate of drug-likeness (QED) is 0.789. The first-order valence-electron chi connectivity index (χ1n) is 6.66. The molecule has 1 saturated heterocycles. The lowest BCUT2D eigenvalue weighted by Crippen LogP contribution is -2.37. The van der Waals surface area contributed by atoms with E-state index in [0.717, 1.165) is 19.4 Å². The summed E-state index contributed by atoms with van der Waals surface area (Å²) in [5.41, 5.74) is -0.458. The molecule has 1 heterocycles. The fraction of sp³-hybridized carbons (Fsp3) is 0.786. The van der Waals surface area contributed by atoms with E-state index in [9.17, 15) is 4.79 Å². The minimum absolute atomic E-state index is 0.0506. The first-order chi connectivity index (χ1) is 8.37. The van der Waals surface area contributed by atoms with Crippen LogP contribution in [0.2, 0.25) is 0 Å². The lowest BCUT2D eigenvalue weighted by molar-refractivity contribution is 0.0456. The van der Waals surface area contributed by atoms with Gasteiger partial charge in [-0.15, -0.1) is 0 Å². The van der Waals surface area contributed by atoms with Crippen LogP contribution >= 0.6 is 0 Å². The van der Waals surface area contributed by atoms with Crippen LogP contribution in [0.25, 0.3) is 0 Å². The van der Waals surface area contributed by atoms with Crippen molar-refractivity contribution < 1.29 is 14.3 Å². The van der Waals surface area contributed by atoms with Crippen LogP contribution in [0.15, 0.2) is 12.2 Å². The van der Waals surface area contributed by atoms with Crippen molar-refractivity contribution in [2.75, 3.05) is 6.61 Å². The first-order valence-corrected chi connectivity index (χ1v) is 6.66. The van der Waals surface area contributed by atoms with Crippen LogP contribution in [-0.4, -0.2) is 30.4 Å². The molecule has 1 amide bonds. The molecule has 104 valence electrons. The van der Waals surface area contributed by atoms with Crippen molar-refractivity contribution in [1.29, 1.82) is 0 Å². The Bertz CT molecular complexity index is 288. The highest BCUT2D eigenvalue weighted by molar-refractivity contribution is 5.68. The van der Waals surface area contributed by atoms with E-state index in [4.69, 9.17) is 9.47 Å². The number of carbonyl (C=O) groups is 1. The topological polar surface area (TPSA) is 47.6 Å². The van der Waals surface area contributed by atoms with Crippen LogP contribution in [0, 0.1) is 0 Å². The molecule has 1 aliphatic heterocycles. The third-order valence-electron chi connectivity index (χ3n) is 2.57. The summed E-state index contributed by atoms with van der Waals surface area (Å²) in [5.74, 6) is 0. The number of amides is 1. The summed E-state index contributed by atoms with van der Waals surface area (Å²) in [7, 11) is 0. The van der Waals surface area contributed by atoms with Crippen molar-refractivity contribution >= 4 is 6.09 Å². The zero-order chi connectivity index (χ0) is 13.6. The van der Waals surface area contributed by atoms with E-state index in [-0.39, 0.29) is 18.2 Å². The van der Waals surface area contributed by atoms with Gasteiger partial charge in [0.1, 0.15) is 5.60 Å². The Kier molecular flexibility index (Phi) is 5.66. The van der Waals surface area contributed by atoms with E-state index in [1.165, 1.54) is 6.42 Å². The maximum Gasteiger partial charge on any atom is 0.408 e. The lowest BCUT2D eigenvalue weighted by Gasteiger charge is -2.22. The smallest absolute Gasteiger partial charge is 0.408 e. The van der Waals surface area contributed by atoms with Gasteiger partial charge in [0.15, 0.2) is 0 Å². The number of ether oxygens (including phenoxy) is 2. The van der Waals surface area contributed by atoms with E-state index in [1.54, 1.807) is 0 Å². The maximum atomic E-state index is 11.5. The van der Waals surface area contributed by atoms with Gasteiger partial charge < -0.3 is 14.8 Å². The normalized spacial score (nSPS) is 22.8. The molecule has 1 aliphatic rings. The molecule has 0 bridgehead atoms. The van der Waals surface area contributed by atoms with Gasteiger partial charge in [0.2, 0.25) is 0 Å². The van der Waals surface area contributed by atoms with Gasteiger partial charge >= 0.3 is 6.09 Å². The largest absolute Gasteiger partial charge is 0.444 e. The molecule has 0 spiro atoms. The van der Waals surface area contributed by atoms with Gasteiger partial charge in [-0.2, -0.15) is 0 Å². The summed E-state index contributed by atoms with van der Waals surface area (Å²) >= 11 is 0. The van der Waals surface area contributed by atoms with Crippen molar-refractivity contribution in [3.05, 3.63) is 12.2 Å². The molecule has 18 heavy (non-hydrogen) atoms. The molecule has 0 radical (unpaired) electrons. The van der Waals surface area contributed by atoms with Crippen molar-refractivity contribution in [3.8, 4) is 0 Å². The molecule has 1 fully saturated rings. The molecule has 1 rings (SSSR count). The second-order valence-corrected chi connectivity index (χ2v) is 5.72. The maximum absolute atomic E-state index is 11.5. The van der Waals surface area contributed by atoms with E-state index >= 15 is 0 Å². The highest BCUT2D eigenvalue weighted by atomic mass is 16.6. The molecule has 0 unspecified atom stereocenters. The third kappa shape index (κ3) is 6.64. The number of alkyl carbamates (subject to hydrolysis) is 1. The standard InChI is InChI=1S/C14H25NO3/c1-11(15-13(16)18-14(2,3)4)8-9-12-7-5-6-10-17-12/h8-9,11-12H,5-7,10H2,1-4H3,(H,15,16)/b9-8+/t11-,12-/m0/s1. The summed E-state index contributed by atoms with van der Waals surface area (Å²) in [4.78, 5) is 11.5. The summed E-state index contributed by atoms with van der Waals surface area (Å²) in [6.45, 7) is 8.31. The van der Waals surface area contributed by atoms with Gasteiger partial charge in [0.05, 0.1) is 6.10 Å². The van der Waals surface area contributed by atoms with Crippen molar-refractivity contribution in [3.63, 3.8) is 0 Å². The van der Waals surface area contributed by atoms with Crippen molar-refractivity contribution in [1.82, 2.24) is 5.32 Å². The Morgan fingerprint density at radius 2 is 2.17 bits per heavy atom. The molecule has 4 heteroatoms. The molecule has 0 aromatic rings. The molecule has 0 aromatic heterocycles. The molecular formula is C14H25NO3. The average molecular weight is 255 g/mol. The molecular weight excluding hydrogens is 230 g/mol. The fourth-order valence-electron chi connectivity index (χ4n) is 1.75. The number of rotatable bonds is 3. The minimum Gasteiger partial charge on any atom is -0.444 e. The summed E-state index contributed by atoms with van der Waals surface area (Å²) in [6.07, 6.45) is 7.22. The van der Waals surface area contributed by atoms with Crippen LogP contribution in [0.1, 0.15) is 47.0 Å². The number of hydrogen-bond acceptors (Lipinski definition) is 3. The molecule has 0 saturated carbocycles. The summed E-state index contributed by atoms with van der Waals surface area (Å²) < 4.78 is 10.8. The third-order valence-corrected chi connectivity index (χ3v) is 2.57. The monoisotopic (exact) mass is 255 g/mol. The number of hydrogen-bond donors (Lipinski definition) is 1. The Balaban J connectivity index is 2.29. The fourth-order valence-corrected chi connectivity index (χ4v) is 1.75.